The normalized spacial score (nSPS) is 32.8. The van der Waals surface area contributed by atoms with Gasteiger partial charge in [-0.3, -0.25) is 0 Å². The lowest BCUT2D eigenvalue weighted by Crippen LogP contribution is -2.54. The van der Waals surface area contributed by atoms with Crippen molar-refractivity contribution in [3.8, 4) is 5.75 Å². The van der Waals surface area contributed by atoms with Gasteiger partial charge in [-0.05, 0) is 39.3 Å². The Labute approximate surface area is 121 Å². The molecule has 0 saturated heterocycles. The number of rotatable bonds is 2. The smallest absolute Gasteiger partial charge is 0.137 e. The summed E-state index contributed by atoms with van der Waals surface area (Å²) >= 11 is 0. The van der Waals surface area contributed by atoms with Crippen LogP contribution in [-0.4, -0.2) is 25.9 Å². The van der Waals surface area contributed by atoms with Crippen molar-refractivity contribution < 1.29 is 9.47 Å². The van der Waals surface area contributed by atoms with Gasteiger partial charge in [-0.15, -0.1) is 0 Å². The lowest BCUT2D eigenvalue weighted by Gasteiger charge is -2.48. The second-order valence-electron chi connectivity index (χ2n) is 6.22. The van der Waals surface area contributed by atoms with Crippen LogP contribution in [0.2, 0.25) is 0 Å². The van der Waals surface area contributed by atoms with Crippen molar-refractivity contribution in [2.75, 3.05) is 14.2 Å². The van der Waals surface area contributed by atoms with Gasteiger partial charge >= 0.3 is 0 Å². The quantitative estimate of drug-likeness (QED) is 0.897. The van der Waals surface area contributed by atoms with Crippen LogP contribution in [0.3, 0.4) is 0 Å². The molecule has 3 unspecified atom stereocenters. The highest BCUT2D eigenvalue weighted by atomic mass is 16.5. The highest BCUT2D eigenvalue weighted by Gasteiger charge is 2.48. The summed E-state index contributed by atoms with van der Waals surface area (Å²) in [5.74, 6) is 1.03. The van der Waals surface area contributed by atoms with Gasteiger partial charge in [0.2, 0.25) is 0 Å². The fourth-order valence-electron chi connectivity index (χ4n) is 3.87. The molecule has 110 valence electrons. The van der Waals surface area contributed by atoms with Crippen LogP contribution >= 0.6 is 0 Å². The summed E-state index contributed by atoms with van der Waals surface area (Å²) in [6.07, 6.45) is 5.89. The van der Waals surface area contributed by atoms with E-state index in [4.69, 9.17) is 9.47 Å². The van der Waals surface area contributed by atoms with E-state index in [9.17, 15) is 0 Å². The molecule has 1 fully saturated rings. The standard InChI is InChI=1S/C17H25NO2/c1-12-7-8-15-13(10-12)14(18-2)11-17(20-15)9-5-4-6-16(17)19-3/h7-8,10,14,16,18H,4-6,9,11H2,1-3H3. The van der Waals surface area contributed by atoms with E-state index in [1.54, 1.807) is 0 Å². The first-order valence-electron chi connectivity index (χ1n) is 7.68. The first kappa shape index (κ1) is 13.9. The van der Waals surface area contributed by atoms with Gasteiger partial charge in [0.15, 0.2) is 0 Å². The second kappa shape index (κ2) is 5.38. The van der Waals surface area contributed by atoms with E-state index in [1.165, 1.54) is 24.0 Å². The van der Waals surface area contributed by atoms with Gasteiger partial charge < -0.3 is 14.8 Å². The molecular formula is C17H25NO2. The van der Waals surface area contributed by atoms with Crippen LogP contribution < -0.4 is 10.1 Å². The zero-order valence-corrected chi connectivity index (χ0v) is 12.7. The van der Waals surface area contributed by atoms with E-state index in [0.29, 0.717) is 6.04 Å². The average molecular weight is 275 g/mol. The molecule has 1 spiro atoms. The molecule has 0 aromatic heterocycles. The van der Waals surface area contributed by atoms with E-state index in [-0.39, 0.29) is 11.7 Å². The summed E-state index contributed by atoms with van der Waals surface area (Å²) in [6, 6.07) is 6.86. The zero-order valence-electron chi connectivity index (χ0n) is 12.7. The van der Waals surface area contributed by atoms with Crippen LogP contribution in [0.15, 0.2) is 18.2 Å². The lowest BCUT2D eigenvalue weighted by molar-refractivity contribution is -0.115. The topological polar surface area (TPSA) is 30.5 Å². The van der Waals surface area contributed by atoms with Crippen molar-refractivity contribution >= 4 is 0 Å². The predicted octanol–water partition coefficient (Wildman–Crippen LogP) is 3.37. The molecule has 1 saturated carbocycles. The summed E-state index contributed by atoms with van der Waals surface area (Å²) in [7, 11) is 3.86. The minimum Gasteiger partial charge on any atom is -0.484 e. The maximum absolute atomic E-state index is 6.49. The van der Waals surface area contributed by atoms with Crippen LogP contribution in [0.1, 0.15) is 49.3 Å². The van der Waals surface area contributed by atoms with E-state index in [0.717, 1.165) is 25.0 Å². The van der Waals surface area contributed by atoms with E-state index in [2.05, 4.69) is 30.4 Å². The van der Waals surface area contributed by atoms with Crippen molar-refractivity contribution in [1.82, 2.24) is 5.32 Å². The number of hydrogen-bond donors (Lipinski definition) is 1. The number of hydrogen-bond acceptors (Lipinski definition) is 3. The van der Waals surface area contributed by atoms with E-state index >= 15 is 0 Å². The Morgan fingerprint density at radius 2 is 2.20 bits per heavy atom. The van der Waals surface area contributed by atoms with E-state index in [1.807, 2.05) is 14.2 Å². The van der Waals surface area contributed by atoms with Gasteiger partial charge in [0.25, 0.3) is 0 Å². The maximum atomic E-state index is 6.49. The molecule has 20 heavy (non-hydrogen) atoms. The van der Waals surface area contributed by atoms with Gasteiger partial charge in [-0.2, -0.15) is 0 Å². The summed E-state index contributed by atoms with van der Waals surface area (Å²) < 4.78 is 12.2. The Bertz CT molecular complexity index is 488. The first-order chi connectivity index (χ1) is 9.68. The van der Waals surface area contributed by atoms with Crippen molar-refractivity contribution in [3.63, 3.8) is 0 Å². The SMILES string of the molecule is CNC1CC2(CCCCC2OC)Oc2ccc(C)cc21. The fraction of sp³-hybridized carbons (Fsp3) is 0.647. The zero-order chi connectivity index (χ0) is 14.2. The number of benzene rings is 1. The predicted molar refractivity (Wildman–Crippen MR) is 80.2 cm³/mol. The lowest BCUT2D eigenvalue weighted by atomic mass is 9.75. The molecule has 1 N–H and O–H groups in total. The Hall–Kier alpha value is -1.06. The summed E-state index contributed by atoms with van der Waals surface area (Å²) in [5.41, 5.74) is 2.43. The average Bonchev–Trinajstić information content (AvgIpc) is 2.47. The number of methoxy groups -OCH3 is 1. The molecule has 1 aromatic rings. The van der Waals surface area contributed by atoms with Crippen molar-refractivity contribution in [2.24, 2.45) is 0 Å². The Balaban J connectivity index is 1.99. The second-order valence-corrected chi connectivity index (χ2v) is 6.22. The molecule has 0 bridgehead atoms. The van der Waals surface area contributed by atoms with Crippen LogP contribution in [0.4, 0.5) is 0 Å². The van der Waals surface area contributed by atoms with Gasteiger partial charge in [-0.25, -0.2) is 0 Å². The number of fused-ring (bicyclic) bond motifs is 1. The third-order valence-corrected chi connectivity index (χ3v) is 4.94. The molecular weight excluding hydrogens is 250 g/mol. The molecule has 1 aliphatic heterocycles. The maximum Gasteiger partial charge on any atom is 0.137 e. The summed E-state index contributed by atoms with van der Waals surface area (Å²) in [4.78, 5) is 0. The molecule has 3 atom stereocenters. The number of ether oxygens (including phenoxy) is 2. The van der Waals surface area contributed by atoms with Gasteiger partial charge in [0, 0.05) is 25.1 Å². The molecule has 2 aliphatic rings. The molecule has 1 heterocycles. The summed E-state index contributed by atoms with van der Waals surface area (Å²) in [6.45, 7) is 2.13. The third kappa shape index (κ3) is 2.23. The van der Waals surface area contributed by atoms with Crippen LogP contribution in [0.25, 0.3) is 0 Å². The monoisotopic (exact) mass is 275 g/mol. The van der Waals surface area contributed by atoms with Gasteiger partial charge in [0.05, 0.1) is 6.10 Å². The minimum absolute atomic E-state index is 0.150. The molecule has 0 amide bonds. The number of nitrogens with one attached hydrogen (secondary N) is 1. The molecule has 3 nitrogen and oxygen atoms in total. The third-order valence-electron chi connectivity index (χ3n) is 4.94. The minimum atomic E-state index is -0.150. The fourth-order valence-corrected chi connectivity index (χ4v) is 3.87. The largest absolute Gasteiger partial charge is 0.484 e. The first-order valence-corrected chi connectivity index (χ1v) is 7.68. The van der Waals surface area contributed by atoms with Crippen molar-refractivity contribution in [1.29, 1.82) is 0 Å². The van der Waals surface area contributed by atoms with Crippen LogP contribution in [0, 0.1) is 6.92 Å². The molecule has 0 radical (unpaired) electrons. The molecule has 1 aromatic carbocycles. The van der Waals surface area contributed by atoms with Crippen molar-refractivity contribution in [3.05, 3.63) is 29.3 Å². The van der Waals surface area contributed by atoms with E-state index < -0.39 is 0 Å². The van der Waals surface area contributed by atoms with Crippen LogP contribution in [-0.2, 0) is 4.74 Å². The Kier molecular flexibility index (Phi) is 3.74. The summed E-state index contributed by atoms with van der Waals surface area (Å²) in [5, 5.41) is 3.47. The van der Waals surface area contributed by atoms with Gasteiger partial charge in [0.1, 0.15) is 11.4 Å². The molecule has 3 rings (SSSR count). The number of aryl methyl sites for hydroxylation is 1. The highest BCUT2D eigenvalue weighted by Crippen LogP contribution is 2.47. The highest BCUT2D eigenvalue weighted by molar-refractivity contribution is 5.42. The Morgan fingerprint density at radius 3 is 2.95 bits per heavy atom. The van der Waals surface area contributed by atoms with Crippen LogP contribution in [0.5, 0.6) is 5.75 Å². The van der Waals surface area contributed by atoms with Gasteiger partial charge in [-0.1, -0.05) is 24.1 Å². The van der Waals surface area contributed by atoms with Crippen molar-refractivity contribution in [2.45, 2.75) is 56.8 Å². The molecule has 1 aliphatic carbocycles. The Morgan fingerprint density at radius 1 is 1.35 bits per heavy atom. The molecule has 3 heteroatoms.